The van der Waals surface area contributed by atoms with Crippen molar-refractivity contribution >= 4 is 85.8 Å². The van der Waals surface area contributed by atoms with Gasteiger partial charge in [-0.1, -0.05) is 135 Å². The van der Waals surface area contributed by atoms with Crippen molar-refractivity contribution < 1.29 is 4.42 Å². The van der Waals surface area contributed by atoms with Gasteiger partial charge in [-0.3, -0.25) is 0 Å². The molecule has 1 aliphatic carbocycles. The first-order valence-electron chi connectivity index (χ1n) is 18.4. The fourth-order valence-electron chi connectivity index (χ4n) is 9.58. The Hall–Kier alpha value is -6.22. The van der Waals surface area contributed by atoms with Crippen molar-refractivity contribution in [3.8, 4) is 33.4 Å². The Labute approximate surface area is 310 Å². The summed E-state index contributed by atoms with van der Waals surface area (Å²) in [7, 11) is 0. The summed E-state index contributed by atoms with van der Waals surface area (Å²) in [6.07, 6.45) is 0. The van der Waals surface area contributed by atoms with Crippen LogP contribution < -0.4 is 0 Å². The molecule has 0 amide bonds. The maximum atomic E-state index is 6.26. The molecule has 1 nitrogen and oxygen atoms in total. The van der Waals surface area contributed by atoms with E-state index in [1.165, 1.54) is 108 Å². The van der Waals surface area contributed by atoms with Crippen molar-refractivity contribution in [2.24, 2.45) is 0 Å². The SMILES string of the molecule is CC1(C)c2ccccc2-c2ccc(-c3c4ccccc4c(-c4ccc5c(c4)sc4ccc6cc7oc8ccccc8c7cc6c45)c4ccccc34)cc21. The molecule has 12 rings (SSSR count). The molecule has 0 atom stereocenters. The van der Waals surface area contributed by atoms with Crippen LogP contribution in [0.4, 0.5) is 0 Å². The average Bonchev–Trinajstić information content (AvgIpc) is 3.83. The lowest BCUT2D eigenvalue weighted by atomic mass is 9.80. The van der Waals surface area contributed by atoms with E-state index in [1.54, 1.807) is 0 Å². The Morgan fingerprint density at radius 3 is 1.79 bits per heavy atom. The largest absolute Gasteiger partial charge is 0.456 e. The molecule has 2 heteroatoms. The van der Waals surface area contributed by atoms with Gasteiger partial charge < -0.3 is 4.42 Å². The average molecular weight is 693 g/mol. The molecule has 248 valence electrons. The summed E-state index contributed by atoms with van der Waals surface area (Å²) in [4.78, 5) is 0. The van der Waals surface area contributed by atoms with Crippen LogP contribution in [-0.2, 0) is 5.41 Å². The van der Waals surface area contributed by atoms with E-state index < -0.39 is 0 Å². The van der Waals surface area contributed by atoms with Crippen LogP contribution in [0.1, 0.15) is 25.0 Å². The molecule has 0 fully saturated rings. The van der Waals surface area contributed by atoms with Crippen molar-refractivity contribution in [1.29, 1.82) is 0 Å². The lowest BCUT2D eigenvalue weighted by Crippen LogP contribution is -2.14. The van der Waals surface area contributed by atoms with Gasteiger partial charge in [0.15, 0.2) is 0 Å². The molecule has 0 saturated heterocycles. The van der Waals surface area contributed by atoms with Crippen LogP contribution >= 0.6 is 11.3 Å². The molecule has 0 spiro atoms. The number of hydrogen-bond donors (Lipinski definition) is 0. The molecule has 0 bridgehead atoms. The Kier molecular flexibility index (Phi) is 5.78. The standard InChI is InChI=1S/C51H32OS/c1-51(2)42-17-9-7-11-32(42)33-22-19-30(25-43(33)51)48-35-13-3-5-15-37(35)49(38-16-6-4-14-36(38)48)31-20-23-39-47(27-31)53-46-24-21-29-26-45-41(28-40(29)50(39)46)34-12-8-10-18-44(34)52-45/h3-28H,1-2H3. The summed E-state index contributed by atoms with van der Waals surface area (Å²) >= 11 is 1.89. The molecular formula is C51H32OS. The molecule has 0 aliphatic heterocycles. The van der Waals surface area contributed by atoms with Crippen molar-refractivity contribution in [3.63, 3.8) is 0 Å². The second-order valence-corrected chi connectivity index (χ2v) is 16.3. The Balaban J connectivity index is 1.08. The third kappa shape index (κ3) is 3.96. The van der Waals surface area contributed by atoms with Crippen LogP contribution in [0.5, 0.6) is 0 Å². The minimum atomic E-state index is -0.0587. The number of furan rings is 1. The summed E-state index contributed by atoms with van der Waals surface area (Å²) in [6.45, 7) is 4.74. The van der Waals surface area contributed by atoms with E-state index in [4.69, 9.17) is 4.42 Å². The molecule has 53 heavy (non-hydrogen) atoms. The van der Waals surface area contributed by atoms with Crippen LogP contribution in [-0.4, -0.2) is 0 Å². The maximum absolute atomic E-state index is 6.26. The van der Waals surface area contributed by atoms with Gasteiger partial charge in [0.05, 0.1) is 0 Å². The van der Waals surface area contributed by atoms with E-state index in [2.05, 4.69) is 166 Å². The lowest BCUT2D eigenvalue weighted by molar-refractivity contribution is 0.660. The zero-order chi connectivity index (χ0) is 35.0. The monoisotopic (exact) mass is 692 g/mol. The molecule has 0 saturated carbocycles. The van der Waals surface area contributed by atoms with E-state index in [0.29, 0.717) is 0 Å². The molecular weight excluding hydrogens is 661 g/mol. The highest BCUT2D eigenvalue weighted by atomic mass is 32.1. The number of hydrogen-bond acceptors (Lipinski definition) is 2. The minimum Gasteiger partial charge on any atom is -0.456 e. The Morgan fingerprint density at radius 2 is 1.04 bits per heavy atom. The highest BCUT2D eigenvalue weighted by Gasteiger charge is 2.35. The van der Waals surface area contributed by atoms with Crippen LogP contribution in [0.15, 0.2) is 162 Å². The second kappa shape index (κ2) is 10.4. The van der Waals surface area contributed by atoms with Gasteiger partial charge in [-0.05, 0) is 113 Å². The number of benzene rings is 9. The fraction of sp³-hybridized carbons (Fsp3) is 0.0588. The fourth-order valence-corrected chi connectivity index (χ4v) is 10.7. The van der Waals surface area contributed by atoms with Gasteiger partial charge in [-0.2, -0.15) is 0 Å². The third-order valence-electron chi connectivity index (χ3n) is 12.0. The summed E-state index contributed by atoms with van der Waals surface area (Å²) < 4.78 is 8.87. The van der Waals surface area contributed by atoms with Gasteiger partial charge in [0.25, 0.3) is 0 Å². The molecule has 11 aromatic rings. The quantitative estimate of drug-likeness (QED) is 0.164. The minimum absolute atomic E-state index is 0.0587. The summed E-state index contributed by atoms with van der Waals surface area (Å²) in [5.41, 5.74) is 12.5. The third-order valence-corrected chi connectivity index (χ3v) is 13.2. The zero-order valence-electron chi connectivity index (χ0n) is 29.3. The Morgan fingerprint density at radius 1 is 0.415 bits per heavy atom. The summed E-state index contributed by atoms with van der Waals surface area (Å²) in [5.74, 6) is 0. The van der Waals surface area contributed by atoms with Gasteiger partial charge in [0, 0.05) is 36.4 Å². The van der Waals surface area contributed by atoms with Crippen LogP contribution in [0.25, 0.3) is 108 Å². The first kappa shape index (κ1) is 29.4. The van der Waals surface area contributed by atoms with E-state index in [1.807, 2.05) is 17.4 Å². The molecule has 0 radical (unpaired) electrons. The van der Waals surface area contributed by atoms with Gasteiger partial charge >= 0.3 is 0 Å². The molecule has 0 N–H and O–H groups in total. The zero-order valence-corrected chi connectivity index (χ0v) is 30.1. The van der Waals surface area contributed by atoms with E-state index in [-0.39, 0.29) is 5.41 Å². The molecule has 0 unspecified atom stereocenters. The van der Waals surface area contributed by atoms with Crippen molar-refractivity contribution in [2.45, 2.75) is 19.3 Å². The lowest BCUT2D eigenvalue weighted by Gasteiger charge is -2.23. The number of fused-ring (bicyclic) bond motifs is 13. The van der Waals surface area contributed by atoms with E-state index in [9.17, 15) is 0 Å². The first-order chi connectivity index (χ1) is 26.0. The van der Waals surface area contributed by atoms with Gasteiger partial charge in [-0.25, -0.2) is 0 Å². The van der Waals surface area contributed by atoms with Gasteiger partial charge in [0.1, 0.15) is 11.2 Å². The maximum Gasteiger partial charge on any atom is 0.136 e. The molecule has 2 heterocycles. The van der Waals surface area contributed by atoms with Gasteiger partial charge in [-0.15, -0.1) is 11.3 Å². The first-order valence-corrected chi connectivity index (χ1v) is 19.2. The van der Waals surface area contributed by atoms with Crippen molar-refractivity contribution in [2.75, 3.05) is 0 Å². The van der Waals surface area contributed by atoms with Crippen LogP contribution in [0.2, 0.25) is 0 Å². The number of rotatable bonds is 2. The molecule has 2 aromatic heterocycles. The highest BCUT2D eigenvalue weighted by molar-refractivity contribution is 7.26. The molecule has 1 aliphatic rings. The number of thiophene rings is 1. The Bertz CT molecular complexity index is 3320. The van der Waals surface area contributed by atoms with E-state index >= 15 is 0 Å². The second-order valence-electron chi connectivity index (χ2n) is 15.2. The van der Waals surface area contributed by atoms with Crippen molar-refractivity contribution in [1.82, 2.24) is 0 Å². The predicted octanol–water partition coefficient (Wildman–Crippen LogP) is 15.1. The number of para-hydroxylation sites is 1. The van der Waals surface area contributed by atoms with Gasteiger partial charge in [0.2, 0.25) is 0 Å². The molecule has 9 aromatic carbocycles. The van der Waals surface area contributed by atoms with Crippen LogP contribution in [0, 0.1) is 0 Å². The van der Waals surface area contributed by atoms with Crippen LogP contribution in [0.3, 0.4) is 0 Å². The summed E-state index contributed by atoms with van der Waals surface area (Å²) in [5, 5.41) is 12.6. The highest BCUT2D eigenvalue weighted by Crippen LogP contribution is 2.52. The predicted molar refractivity (Wildman–Crippen MR) is 228 cm³/mol. The summed E-state index contributed by atoms with van der Waals surface area (Å²) in [6, 6.07) is 58.7. The van der Waals surface area contributed by atoms with Crippen molar-refractivity contribution in [3.05, 3.63) is 169 Å². The smallest absolute Gasteiger partial charge is 0.136 e. The topological polar surface area (TPSA) is 13.1 Å². The van der Waals surface area contributed by atoms with E-state index in [0.717, 1.165) is 11.2 Å². The normalized spacial score (nSPS) is 13.6.